The van der Waals surface area contributed by atoms with E-state index in [0.717, 1.165) is 46.0 Å². The average molecular weight is 428 g/mol. The molecule has 29 heavy (non-hydrogen) atoms. The van der Waals surface area contributed by atoms with Gasteiger partial charge in [-0.2, -0.15) is 16.4 Å². The first-order valence-corrected chi connectivity index (χ1v) is 11.6. The van der Waals surface area contributed by atoms with Crippen molar-refractivity contribution in [2.75, 3.05) is 14.2 Å². The molecular formula is C22H25N3O2S2. The molecule has 0 atom stereocenters. The summed E-state index contributed by atoms with van der Waals surface area (Å²) in [4.78, 5) is 5.98. The maximum absolute atomic E-state index is 5.62. The van der Waals surface area contributed by atoms with E-state index in [0.29, 0.717) is 6.04 Å². The van der Waals surface area contributed by atoms with Crippen LogP contribution in [0.25, 0.3) is 11.3 Å². The SMILES string of the molecule is COc1ccc(OC)c(-c2csc(=NC3CCCCC3)n2N=Cc2ccsc2)c1. The summed E-state index contributed by atoms with van der Waals surface area (Å²) in [6.45, 7) is 0. The van der Waals surface area contributed by atoms with Gasteiger partial charge in [0.15, 0.2) is 0 Å². The number of benzene rings is 1. The highest BCUT2D eigenvalue weighted by Gasteiger charge is 2.16. The molecule has 0 unspecified atom stereocenters. The van der Waals surface area contributed by atoms with Gasteiger partial charge >= 0.3 is 0 Å². The molecule has 0 saturated heterocycles. The van der Waals surface area contributed by atoms with Crippen molar-refractivity contribution in [3.8, 4) is 22.8 Å². The summed E-state index contributed by atoms with van der Waals surface area (Å²) in [5.41, 5.74) is 2.98. The van der Waals surface area contributed by atoms with Gasteiger partial charge < -0.3 is 9.47 Å². The first-order valence-electron chi connectivity index (χ1n) is 9.82. The number of hydrogen-bond acceptors (Lipinski definition) is 6. The number of hydrogen-bond donors (Lipinski definition) is 0. The van der Waals surface area contributed by atoms with E-state index in [1.807, 2.05) is 29.1 Å². The van der Waals surface area contributed by atoms with Gasteiger partial charge in [-0.05, 0) is 47.9 Å². The first-order chi connectivity index (χ1) is 14.3. The van der Waals surface area contributed by atoms with Crippen LogP contribution in [0, 0.1) is 0 Å². The molecule has 0 spiro atoms. The highest BCUT2D eigenvalue weighted by molar-refractivity contribution is 7.08. The third-order valence-corrected chi connectivity index (χ3v) is 6.63. The van der Waals surface area contributed by atoms with Gasteiger partial charge in [-0.15, -0.1) is 11.3 Å². The van der Waals surface area contributed by atoms with E-state index in [1.165, 1.54) is 19.3 Å². The molecule has 2 heterocycles. The normalized spacial score (nSPS) is 15.9. The lowest BCUT2D eigenvalue weighted by Gasteiger charge is -2.17. The number of rotatable bonds is 6. The van der Waals surface area contributed by atoms with Crippen molar-refractivity contribution in [1.82, 2.24) is 4.68 Å². The van der Waals surface area contributed by atoms with Crippen molar-refractivity contribution in [3.63, 3.8) is 0 Å². The fraction of sp³-hybridized carbons (Fsp3) is 0.364. The van der Waals surface area contributed by atoms with E-state index in [-0.39, 0.29) is 0 Å². The minimum absolute atomic E-state index is 0.380. The first kappa shape index (κ1) is 19.9. The van der Waals surface area contributed by atoms with Gasteiger partial charge in [0, 0.05) is 16.5 Å². The molecule has 1 aliphatic carbocycles. The zero-order valence-corrected chi connectivity index (χ0v) is 18.3. The quantitative estimate of drug-likeness (QED) is 0.494. The fourth-order valence-corrected chi connectivity index (χ4v) is 5.05. The van der Waals surface area contributed by atoms with Gasteiger partial charge in [0.1, 0.15) is 11.5 Å². The highest BCUT2D eigenvalue weighted by Crippen LogP contribution is 2.34. The van der Waals surface area contributed by atoms with Crippen molar-refractivity contribution in [1.29, 1.82) is 0 Å². The van der Waals surface area contributed by atoms with Crippen LogP contribution in [0.1, 0.15) is 37.7 Å². The summed E-state index contributed by atoms with van der Waals surface area (Å²) in [7, 11) is 3.36. The lowest BCUT2D eigenvalue weighted by atomic mass is 9.96. The van der Waals surface area contributed by atoms with Crippen LogP contribution in [0.2, 0.25) is 0 Å². The van der Waals surface area contributed by atoms with Gasteiger partial charge in [-0.3, -0.25) is 4.99 Å². The number of thiazole rings is 1. The summed E-state index contributed by atoms with van der Waals surface area (Å²) in [6, 6.07) is 8.26. The van der Waals surface area contributed by atoms with Crippen LogP contribution in [0.4, 0.5) is 0 Å². The topological polar surface area (TPSA) is 48.1 Å². The van der Waals surface area contributed by atoms with Crippen molar-refractivity contribution in [2.45, 2.75) is 38.1 Å². The molecule has 1 aliphatic rings. The zero-order valence-electron chi connectivity index (χ0n) is 16.7. The van der Waals surface area contributed by atoms with E-state index >= 15 is 0 Å². The second-order valence-corrected chi connectivity index (χ2v) is 8.62. The number of methoxy groups -OCH3 is 2. The van der Waals surface area contributed by atoms with E-state index in [9.17, 15) is 0 Å². The predicted octanol–water partition coefficient (Wildman–Crippen LogP) is 5.41. The van der Waals surface area contributed by atoms with E-state index in [1.54, 1.807) is 36.9 Å². The lowest BCUT2D eigenvalue weighted by molar-refractivity contribution is 0.404. The zero-order chi connectivity index (χ0) is 20.1. The Kier molecular flexibility index (Phi) is 6.46. The third kappa shape index (κ3) is 4.62. The molecule has 0 amide bonds. The molecule has 1 saturated carbocycles. The van der Waals surface area contributed by atoms with Crippen LogP contribution in [-0.4, -0.2) is 31.2 Å². The summed E-state index contributed by atoms with van der Waals surface area (Å²) in [5.74, 6) is 1.57. The van der Waals surface area contributed by atoms with Gasteiger partial charge in [0.2, 0.25) is 4.80 Å². The molecular weight excluding hydrogens is 402 g/mol. The molecule has 1 aromatic carbocycles. The molecule has 0 bridgehead atoms. The van der Waals surface area contributed by atoms with Gasteiger partial charge in [-0.1, -0.05) is 19.3 Å². The number of aromatic nitrogens is 1. The van der Waals surface area contributed by atoms with Crippen LogP contribution < -0.4 is 14.3 Å². The average Bonchev–Trinajstić information content (AvgIpc) is 3.42. The van der Waals surface area contributed by atoms with E-state index in [4.69, 9.17) is 19.6 Å². The van der Waals surface area contributed by atoms with Gasteiger partial charge in [-0.25, -0.2) is 4.68 Å². The third-order valence-electron chi connectivity index (χ3n) is 5.10. The van der Waals surface area contributed by atoms with Crippen LogP contribution >= 0.6 is 22.7 Å². The maximum Gasteiger partial charge on any atom is 0.206 e. The molecule has 5 nitrogen and oxygen atoms in total. The molecule has 4 rings (SSSR count). The van der Waals surface area contributed by atoms with Gasteiger partial charge in [0.05, 0.1) is 32.2 Å². The Bertz CT molecular complexity index is 1030. The molecule has 1 fully saturated rings. The number of thiophene rings is 1. The van der Waals surface area contributed by atoms with Crippen molar-refractivity contribution in [2.24, 2.45) is 10.1 Å². The molecule has 3 aromatic rings. The van der Waals surface area contributed by atoms with Crippen LogP contribution in [-0.2, 0) is 0 Å². The Balaban J connectivity index is 1.83. The highest BCUT2D eigenvalue weighted by atomic mass is 32.1. The Labute approximate surface area is 179 Å². The van der Waals surface area contributed by atoms with Crippen molar-refractivity contribution >= 4 is 28.9 Å². The maximum atomic E-state index is 5.62. The Hall–Kier alpha value is -2.38. The number of nitrogens with zero attached hydrogens (tertiary/aromatic N) is 3. The monoisotopic (exact) mass is 427 g/mol. The number of ether oxygens (including phenoxy) is 2. The molecule has 0 radical (unpaired) electrons. The lowest BCUT2D eigenvalue weighted by Crippen LogP contribution is -2.19. The van der Waals surface area contributed by atoms with Crippen molar-refractivity contribution in [3.05, 3.63) is 50.8 Å². The molecule has 152 valence electrons. The van der Waals surface area contributed by atoms with Crippen LogP contribution in [0.5, 0.6) is 11.5 Å². The second-order valence-electron chi connectivity index (χ2n) is 7.00. The molecule has 0 N–H and O–H groups in total. The molecule has 2 aromatic heterocycles. The van der Waals surface area contributed by atoms with Crippen LogP contribution in [0.3, 0.4) is 0 Å². The molecule has 7 heteroatoms. The predicted molar refractivity (Wildman–Crippen MR) is 121 cm³/mol. The summed E-state index contributed by atoms with van der Waals surface area (Å²) in [5, 5.41) is 11.0. The Morgan fingerprint density at radius 3 is 2.66 bits per heavy atom. The minimum Gasteiger partial charge on any atom is -0.497 e. The van der Waals surface area contributed by atoms with Crippen molar-refractivity contribution < 1.29 is 9.47 Å². The molecule has 0 aliphatic heterocycles. The minimum atomic E-state index is 0.380. The second kappa shape index (κ2) is 9.41. The standard InChI is InChI=1S/C22H25N3O2S2/c1-26-18-8-9-21(27-2)19(12-18)20-15-29-22(24-17-6-4-3-5-7-17)25(20)23-13-16-10-11-28-14-16/h8-15,17H,3-7H2,1-2H3. The van der Waals surface area contributed by atoms with Crippen LogP contribution in [0.15, 0.2) is 50.5 Å². The summed E-state index contributed by atoms with van der Waals surface area (Å²) in [6.07, 6.45) is 8.04. The Morgan fingerprint density at radius 2 is 1.93 bits per heavy atom. The summed E-state index contributed by atoms with van der Waals surface area (Å²) >= 11 is 3.29. The fourth-order valence-electron chi connectivity index (χ4n) is 3.54. The largest absolute Gasteiger partial charge is 0.497 e. The van der Waals surface area contributed by atoms with E-state index in [2.05, 4.69) is 22.2 Å². The smallest absolute Gasteiger partial charge is 0.206 e. The Morgan fingerprint density at radius 1 is 1.07 bits per heavy atom. The van der Waals surface area contributed by atoms with E-state index < -0.39 is 0 Å². The summed E-state index contributed by atoms with van der Waals surface area (Å²) < 4.78 is 13.0. The van der Waals surface area contributed by atoms with Gasteiger partial charge in [0.25, 0.3) is 0 Å².